The van der Waals surface area contributed by atoms with Crippen LogP contribution in [0.3, 0.4) is 0 Å². The SMILES string of the molecule is c1ccc(-c2c(-c3ccc4c(c3)c3ccccc3n4-c3ccccc3)nc3oc4ccc(-c5ccc6c(c5)c5ccccc5n6-c5ccccc5)cc4n23)cc1. The minimum atomic E-state index is 0.569. The Bertz CT molecular complexity index is 3460. The zero-order valence-electron chi connectivity index (χ0n) is 30.2. The molecule has 4 aromatic heterocycles. The van der Waals surface area contributed by atoms with Crippen molar-refractivity contribution < 1.29 is 4.42 Å². The summed E-state index contributed by atoms with van der Waals surface area (Å²) in [6.45, 7) is 0. The van der Waals surface area contributed by atoms with Crippen molar-refractivity contribution >= 4 is 60.6 Å². The molecule has 56 heavy (non-hydrogen) atoms. The number of rotatable bonds is 5. The molecule has 0 spiro atoms. The van der Waals surface area contributed by atoms with Gasteiger partial charge in [-0.3, -0.25) is 4.40 Å². The molecule has 0 bridgehead atoms. The molecule has 262 valence electrons. The third kappa shape index (κ3) is 4.52. The van der Waals surface area contributed by atoms with Crippen molar-refractivity contribution in [2.75, 3.05) is 0 Å². The molecule has 0 fully saturated rings. The van der Waals surface area contributed by atoms with Crippen LogP contribution in [0, 0.1) is 0 Å². The van der Waals surface area contributed by atoms with E-state index in [2.05, 4.69) is 208 Å². The lowest BCUT2D eigenvalue weighted by Gasteiger charge is -2.09. The van der Waals surface area contributed by atoms with Gasteiger partial charge in [-0.15, -0.1) is 0 Å². The Hall–Kier alpha value is -7.63. The first-order chi connectivity index (χ1) is 27.8. The lowest BCUT2D eigenvalue weighted by Crippen LogP contribution is -1.93. The van der Waals surface area contributed by atoms with Gasteiger partial charge in [0.25, 0.3) is 0 Å². The molecule has 0 radical (unpaired) electrons. The predicted octanol–water partition coefficient (Wildman–Crippen LogP) is 13.3. The van der Waals surface area contributed by atoms with Crippen LogP contribution < -0.4 is 0 Å². The molecule has 0 atom stereocenters. The van der Waals surface area contributed by atoms with Crippen LogP contribution in [0.5, 0.6) is 0 Å². The normalized spacial score (nSPS) is 11.9. The van der Waals surface area contributed by atoms with Crippen LogP contribution in [0.1, 0.15) is 0 Å². The Morgan fingerprint density at radius 3 is 1.46 bits per heavy atom. The summed E-state index contributed by atoms with van der Waals surface area (Å²) >= 11 is 0. The Morgan fingerprint density at radius 1 is 0.357 bits per heavy atom. The molecule has 0 aliphatic heterocycles. The maximum Gasteiger partial charge on any atom is 0.307 e. The number of hydrogen-bond acceptors (Lipinski definition) is 2. The second-order valence-electron chi connectivity index (χ2n) is 14.4. The first-order valence-corrected chi connectivity index (χ1v) is 19.0. The van der Waals surface area contributed by atoms with Crippen molar-refractivity contribution in [3.8, 4) is 45.0 Å². The Balaban J connectivity index is 1.06. The minimum Gasteiger partial charge on any atom is -0.423 e. The lowest BCUT2D eigenvalue weighted by atomic mass is 10.0. The summed E-state index contributed by atoms with van der Waals surface area (Å²) in [5, 5.41) is 4.84. The molecule has 12 rings (SSSR count). The molecule has 0 amide bonds. The Labute approximate surface area is 321 Å². The van der Waals surface area contributed by atoms with Gasteiger partial charge in [-0.2, -0.15) is 4.98 Å². The van der Waals surface area contributed by atoms with Crippen LogP contribution in [0.4, 0.5) is 0 Å². The molecule has 0 unspecified atom stereocenters. The monoisotopic (exact) mass is 716 g/mol. The number of para-hydroxylation sites is 4. The molecule has 0 aliphatic carbocycles. The molecule has 0 saturated carbocycles. The Kier molecular flexibility index (Phi) is 6.56. The molecular weight excluding hydrogens is 685 g/mol. The summed E-state index contributed by atoms with van der Waals surface area (Å²) < 4.78 is 13.4. The smallest absolute Gasteiger partial charge is 0.307 e. The molecular formula is C51H32N4O. The quantitative estimate of drug-likeness (QED) is 0.178. The molecule has 12 aromatic rings. The van der Waals surface area contributed by atoms with Gasteiger partial charge in [0, 0.05) is 44.0 Å². The number of imidazole rings is 1. The first-order valence-electron chi connectivity index (χ1n) is 19.0. The van der Waals surface area contributed by atoms with E-state index in [-0.39, 0.29) is 0 Å². The molecule has 0 N–H and O–H groups in total. The van der Waals surface area contributed by atoms with E-state index in [0.717, 1.165) is 61.6 Å². The second kappa shape index (κ2) is 11.9. The van der Waals surface area contributed by atoms with Crippen LogP contribution in [0.25, 0.3) is 106 Å². The van der Waals surface area contributed by atoms with Gasteiger partial charge in [0.2, 0.25) is 0 Å². The second-order valence-corrected chi connectivity index (χ2v) is 14.4. The molecule has 5 nitrogen and oxygen atoms in total. The van der Waals surface area contributed by atoms with Crippen molar-refractivity contribution in [1.29, 1.82) is 0 Å². The first kappa shape index (κ1) is 30.8. The molecule has 8 aromatic carbocycles. The summed E-state index contributed by atoms with van der Waals surface area (Å²) in [6, 6.07) is 69.0. The lowest BCUT2D eigenvalue weighted by molar-refractivity contribution is 0.642. The summed E-state index contributed by atoms with van der Waals surface area (Å²) in [6.07, 6.45) is 0. The fraction of sp³-hybridized carbons (Fsp3) is 0. The molecule has 0 saturated heterocycles. The topological polar surface area (TPSA) is 40.3 Å². The summed E-state index contributed by atoms with van der Waals surface area (Å²) in [7, 11) is 0. The van der Waals surface area contributed by atoms with E-state index in [1.54, 1.807) is 0 Å². The summed E-state index contributed by atoms with van der Waals surface area (Å²) in [5.74, 6) is 0.569. The maximum absolute atomic E-state index is 6.55. The highest BCUT2D eigenvalue weighted by molar-refractivity contribution is 6.12. The van der Waals surface area contributed by atoms with E-state index in [1.807, 2.05) is 0 Å². The van der Waals surface area contributed by atoms with Crippen LogP contribution in [-0.4, -0.2) is 18.5 Å². The van der Waals surface area contributed by atoms with Crippen LogP contribution in [-0.2, 0) is 0 Å². The van der Waals surface area contributed by atoms with Gasteiger partial charge in [0.15, 0.2) is 5.58 Å². The largest absolute Gasteiger partial charge is 0.423 e. The predicted molar refractivity (Wildman–Crippen MR) is 230 cm³/mol. The summed E-state index contributed by atoms with van der Waals surface area (Å²) in [5.41, 5.74) is 15.0. The van der Waals surface area contributed by atoms with E-state index in [0.29, 0.717) is 5.84 Å². The zero-order valence-corrected chi connectivity index (χ0v) is 30.2. The third-order valence-electron chi connectivity index (χ3n) is 11.3. The van der Waals surface area contributed by atoms with Crippen LogP contribution in [0.15, 0.2) is 199 Å². The summed E-state index contributed by atoms with van der Waals surface area (Å²) in [4.78, 5) is 5.24. The number of benzene rings is 8. The number of aromatic nitrogens is 4. The average Bonchev–Trinajstić information content (AvgIpc) is 4.00. The maximum atomic E-state index is 6.55. The number of hydrogen-bond donors (Lipinski definition) is 0. The van der Waals surface area contributed by atoms with Gasteiger partial charge in [-0.25, -0.2) is 0 Å². The van der Waals surface area contributed by atoms with Crippen molar-refractivity contribution in [3.05, 3.63) is 194 Å². The van der Waals surface area contributed by atoms with Gasteiger partial charge in [-0.1, -0.05) is 121 Å². The van der Waals surface area contributed by atoms with E-state index >= 15 is 0 Å². The van der Waals surface area contributed by atoms with E-state index in [4.69, 9.17) is 9.40 Å². The van der Waals surface area contributed by atoms with Crippen molar-refractivity contribution in [2.45, 2.75) is 0 Å². The van der Waals surface area contributed by atoms with Crippen molar-refractivity contribution in [2.24, 2.45) is 0 Å². The fourth-order valence-electron chi connectivity index (χ4n) is 8.79. The average molecular weight is 717 g/mol. The highest BCUT2D eigenvalue weighted by Crippen LogP contribution is 2.41. The highest BCUT2D eigenvalue weighted by atomic mass is 16.4. The van der Waals surface area contributed by atoms with E-state index in [9.17, 15) is 0 Å². The van der Waals surface area contributed by atoms with Crippen molar-refractivity contribution in [1.82, 2.24) is 18.5 Å². The van der Waals surface area contributed by atoms with Crippen LogP contribution >= 0.6 is 0 Å². The van der Waals surface area contributed by atoms with E-state index < -0.39 is 0 Å². The fourth-order valence-corrected chi connectivity index (χ4v) is 8.79. The highest BCUT2D eigenvalue weighted by Gasteiger charge is 2.23. The van der Waals surface area contributed by atoms with Gasteiger partial charge >= 0.3 is 5.84 Å². The van der Waals surface area contributed by atoms with Crippen molar-refractivity contribution in [3.63, 3.8) is 0 Å². The van der Waals surface area contributed by atoms with E-state index in [1.165, 1.54) is 38.1 Å². The van der Waals surface area contributed by atoms with Gasteiger partial charge in [0.05, 0.1) is 33.3 Å². The molecule has 0 aliphatic rings. The standard InChI is InChI=1S/C51H32N4O/c1-4-14-33(15-5-1)50-49(36-25-28-46-42(31-36)40-21-11-13-23-44(40)54(46)38-18-8-3-9-19-38)52-51-55(50)47-32-35(26-29-48(47)56-51)34-24-27-45-41(30-34)39-20-10-12-22-43(39)53(45)37-16-6-2-7-17-37/h1-32H. The van der Waals surface area contributed by atoms with Crippen LogP contribution in [0.2, 0.25) is 0 Å². The van der Waals surface area contributed by atoms with Gasteiger partial charge < -0.3 is 13.6 Å². The third-order valence-corrected chi connectivity index (χ3v) is 11.3. The minimum absolute atomic E-state index is 0.569. The van der Waals surface area contributed by atoms with Gasteiger partial charge in [0.1, 0.15) is 5.69 Å². The molecule has 4 heterocycles. The number of nitrogens with zero attached hydrogens (tertiary/aromatic N) is 4. The number of oxazole rings is 1. The number of fused-ring (bicyclic) bond motifs is 9. The zero-order chi connectivity index (χ0) is 36.7. The van der Waals surface area contributed by atoms with Gasteiger partial charge in [-0.05, 0) is 83.9 Å². The Morgan fingerprint density at radius 2 is 0.839 bits per heavy atom. The molecule has 5 heteroatoms.